The van der Waals surface area contributed by atoms with Crippen molar-refractivity contribution in [1.82, 2.24) is 9.88 Å². The normalized spacial score (nSPS) is 14.8. The van der Waals surface area contributed by atoms with Gasteiger partial charge in [0.1, 0.15) is 10.7 Å². The van der Waals surface area contributed by atoms with E-state index in [1.165, 1.54) is 39.7 Å². The van der Waals surface area contributed by atoms with E-state index in [0.29, 0.717) is 25.1 Å². The van der Waals surface area contributed by atoms with E-state index in [-0.39, 0.29) is 11.7 Å². The number of carbonyl (C=O) groups is 1. The molecule has 0 unspecified atom stereocenters. The standard InChI is InChI=1S/C16H13ClFN3OS2/c1-21-5-4-10-12(7-21)24-16(19-10)20-15(22)14-13(17)9-3-2-8(18)6-11(9)23-14/h2-3,6H,4-5,7H2,1H3,(H,19,20,22). The van der Waals surface area contributed by atoms with Gasteiger partial charge in [-0.25, -0.2) is 9.37 Å². The summed E-state index contributed by atoms with van der Waals surface area (Å²) in [4.78, 5) is 20.8. The monoisotopic (exact) mass is 381 g/mol. The molecule has 24 heavy (non-hydrogen) atoms. The molecule has 8 heteroatoms. The van der Waals surface area contributed by atoms with Gasteiger partial charge in [-0.1, -0.05) is 11.6 Å². The molecule has 1 aromatic carbocycles. The molecule has 3 heterocycles. The molecular formula is C16H13ClFN3OS2. The van der Waals surface area contributed by atoms with E-state index in [4.69, 9.17) is 11.6 Å². The molecule has 0 atom stereocenters. The second-order valence-electron chi connectivity index (χ2n) is 5.72. The second-order valence-corrected chi connectivity index (χ2v) is 8.23. The molecule has 1 N–H and O–H groups in total. The van der Waals surface area contributed by atoms with Gasteiger partial charge in [-0.05, 0) is 25.2 Å². The zero-order valence-electron chi connectivity index (χ0n) is 12.7. The number of aromatic nitrogens is 1. The van der Waals surface area contributed by atoms with E-state index in [9.17, 15) is 9.18 Å². The highest BCUT2D eigenvalue weighted by atomic mass is 35.5. The largest absolute Gasteiger partial charge is 0.301 e. The van der Waals surface area contributed by atoms with Crippen molar-refractivity contribution in [1.29, 1.82) is 0 Å². The molecule has 0 saturated carbocycles. The van der Waals surface area contributed by atoms with Crippen LogP contribution in [0.15, 0.2) is 18.2 Å². The molecule has 0 radical (unpaired) electrons. The fourth-order valence-corrected chi connectivity index (χ4v) is 5.24. The minimum atomic E-state index is -0.343. The quantitative estimate of drug-likeness (QED) is 0.716. The molecule has 0 fully saturated rings. The maximum Gasteiger partial charge on any atom is 0.269 e. The molecule has 0 bridgehead atoms. The maximum absolute atomic E-state index is 13.3. The Morgan fingerprint density at radius 2 is 2.25 bits per heavy atom. The van der Waals surface area contributed by atoms with Crippen molar-refractivity contribution in [3.8, 4) is 0 Å². The molecule has 4 nitrogen and oxygen atoms in total. The van der Waals surface area contributed by atoms with Crippen molar-refractivity contribution < 1.29 is 9.18 Å². The number of carbonyl (C=O) groups excluding carboxylic acids is 1. The van der Waals surface area contributed by atoms with Gasteiger partial charge in [-0.3, -0.25) is 10.1 Å². The van der Waals surface area contributed by atoms with E-state index < -0.39 is 0 Å². The van der Waals surface area contributed by atoms with Gasteiger partial charge in [0.2, 0.25) is 0 Å². The Labute approximate surface area is 150 Å². The summed E-state index contributed by atoms with van der Waals surface area (Å²) in [6.07, 6.45) is 0.890. The van der Waals surface area contributed by atoms with Crippen LogP contribution >= 0.6 is 34.3 Å². The predicted molar refractivity (Wildman–Crippen MR) is 96.9 cm³/mol. The number of nitrogens with one attached hydrogen (secondary N) is 1. The van der Waals surface area contributed by atoms with E-state index in [1.54, 1.807) is 6.07 Å². The highest BCUT2D eigenvalue weighted by Gasteiger charge is 2.22. The number of anilines is 1. The van der Waals surface area contributed by atoms with Crippen LogP contribution in [-0.2, 0) is 13.0 Å². The zero-order valence-corrected chi connectivity index (χ0v) is 15.1. The first-order chi connectivity index (χ1) is 11.5. The van der Waals surface area contributed by atoms with Crippen LogP contribution in [0.4, 0.5) is 9.52 Å². The number of thiophene rings is 1. The van der Waals surface area contributed by atoms with Crippen LogP contribution in [0.5, 0.6) is 0 Å². The summed E-state index contributed by atoms with van der Waals surface area (Å²) in [5, 5.41) is 4.46. The van der Waals surface area contributed by atoms with Crippen molar-refractivity contribution >= 4 is 55.4 Å². The lowest BCUT2D eigenvalue weighted by Gasteiger charge is -2.20. The van der Waals surface area contributed by atoms with Gasteiger partial charge < -0.3 is 4.90 Å². The van der Waals surface area contributed by atoms with Gasteiger partial charge >= 0.3 is 0 Å². The lowest BCUT2D eigenvalue weighted by molar-refractivity contribution is 0.103. The van der Waals surface area contributed by atoms with Crippen LogP contribution in [0.1, 0.15) is 20.2 Å². The Balaban J connectivity index is 1.62. The molecule has 2 aromatic heterocycles. The van der Waals surface area contributed by atoms with Crippen LogP contribution in [0.3, 0.4) is 0 Å². The zero-order chi connectivity index (χ0) is 16.8. The fraction of sp³-hybridized carbons (Fsp3) is 0.250. The van der Waals surface area contributed by atoms with Crippen LogP contribution in [0.25, 0.3) is 10.1 Å². The van der Waals surface area contributed by atoms with Crippen LogP contribution in [-0.4, -0.2) is 29.4 Å². The minimum absolute atomic E-state index is 0.305. The summed E-state index contributed by atoms with van der Waals surface area (Å²) in [6.45, 7) is 1.82. The number of halogens is 2. The fourth-order valence-electron chi connectivity index (χ4n) is 2.72. The number of hydrogen-bond donors (Lipinski definition) is 1. The van der Waals surface area contributed by atoms with Gasteiger partial charge in [-0.15, -0.1) is 22.7 Å². The Bertz CT molecular complexity index is 952. The van der Waals surface area contributed by atoms with Crippen molar-refractivity contribution in [2.75, 3.05) is 18.9 Å². The summed E-state index contributed by atoms with van der Waals surface area (Å²) >= 11 is 8.97. The van der Waals surface area contributed by atoms with Crippen molar-refractivity contribution in [2.45, 2.75) is 13.0 Å². The molecule has 1 amide bonds. The average molecular weight is 382 g/mol. The number of likely N-dealkylation sites (N-methyl/N-ethyl adjacent to an activating group) is 1. The Hall–Kier alpha value is -1.54. The van der Waals surface area contributed by atoms with E-state index in [2.05, 4.69) is 22.2 Å². The molecule has 124 valence electrons. The second kappa shape index (κ2) is 6.07. The lowest BCUT2D eigenvalue weighted by Crippen LogP contribution is -2.25. The Morgan fingerprint density at radius 1 is 1.42 bits per heavy atom. The van der Waals surface area contributed by atoms with Gasteiger partial charge in [0.25, 0.3) is 5.91 Å². The first kappa shape index (κ1) is 16.0. The SMILES string of the molecule is CN1CCc2nc(NC(=O)c3sc4cc(F)ccc4c3Cl)sc2C1. The molecule has 0 saturated heterocycles. The van der Waals surface area contributed by atoms with Crippen molar-refractivity contribution in [3.05, 3.63) is 44.5 Å². The third-order valence-electron chi connectivity index (χ3n) is 3.94. The first-order valence-electron chi connectivity index (χ1n) is 7.37. The maximum atomic E-state index is 13.3. The molecule has 4 rings (SSSR count). The van der Waals surface area contributed by atoms with Crippen LogP contribution in [0, 0.1) is 5.82 Å². The summed E-state index contributed by atoms with van der Waals surface area (Å²) < 4.78 is 14.0. The first-order valence-corrected chi connectivity index (χ1v) is 9.38. The van der Waals surface area contributed by atoms with Gasteiger partial charge in [-0.2, -0.15) is 0 Å². The number of thiazole rings is 1. The minimum Gasteiger partial charge on any atom is -0.301 e. The number of hydrogen-bond acceptors (Lipinski definition) is 5. The van der Waals surface area contributed by atoms with Crippen LogP contribution < -0.4 is 5.32 Å². The number of fused-ring (bicyclic) bond motifs is 2. The summed E-state index contributed by atoms with van der Waals surface area (Å²) in [5.41, 5.74) is 1.05. The summed E-state index contributed by atoms with van der Waals surface area (Å²) in [5.74, 6) is -0.648. The predicted octanol–water partition coefficient (Wildman–Crippen LogP) is 4.39. The Kier molecular flexibility index (Phi) is 4.04. The molecular weight excluding hydrogens is 369 g/mol. The highest BCUT2D eigenvalue weighted by Crippen LogP contribution is 2.36. The molecule has 0 aliphatic carbocycles. The smallest absolute Gasteiger partial charge is 0.269 e. The molecule has 0 spiro atoms. The number of rotatable bonds is 2. The third kappa shape index (κ3) is 2.82. The van der Waals surface area contributed by atoms with E-state index in [1.807, 2.05) is 0 Å². The summed E-state index contributed by atoms with van der Waals surface area (Å²) in [6, 6.07) is 4.33. The Morgan fingerprint density at radius 3 is 3.08 bits per heavy atom. The van der Waals surface area contributed by atoms with Crippen molar-refractivity contribution in [3.63, 3.8) is 0 Å². The number of nitrogens with zero attached hydrogens (tertiary/aromatic N) is 2. The molecule has 1 aliphatic rings. The number of amides is 1. The van der Waals surface area contributed by atoms with Crippen LogP contribution in [0.2, 0.25) is 5.02 Å². The highest BCUT2D eigenvalue weighted by molar-refractivity contribution is 7.22. The average Bonchev–Trinajstić information content (AvgIpc) is 3.07. The van der Waals surface area contributed by atoms with E-state index >= 15 is 0 Å². The third-order valence-corrected chi connectivity index (χ3v) is 6.59. The number of benzene rings is 1. The van der Waals surface area contributed by atoms with Crippen molar-refractivity contribution in [2.24, 2.45) is 0 Å². The lowest BCUT2D eigenvalue weighted by atomic mass is 10.2. The summed E-state index contributed by atoms with van der Waals surface area (Å²) in [7, 11) is 2.07. The molecule has 3 aromatic rings. The van der Waals surface area contributed by atoms with Gasteiger partial charge in [0.05, 0.1) is 10.7 Å². The molecule has 1 aliphatic heterocycles. The van der Waals surface area contributed by atoms with Gasteiger partial charge in [0.15, 0.2) is 5.13 Å². The van der Waals surface area contributed by atoms with Gasteiger partial charge in [0, 0.05) is 34.5 Å². The van der Waals surface area contributed by atoms with E-state index in [0.717, 1.165) is 25.2 Å². The topological polar surface area (TPSA) is 45.2 Å².